The fourth-order valence-corrected chi connectivity index (χ4v) is 3.85. The molecule has 1 amide bonds. The summed E-state index contributed by atoms with van der Waals surface area (Å²) in [5, 5.41) is 3.10. The van der Waals surface area contributed by atoms with Crippen LogP contribution in [0.4, 0.5) is 5.69 Å². The molecule has 4 rings (SSSR count). The zero-order valence-corrected chi connectivity index (χ0v) is 16.7. The monoisotopic (exact) mass is 374 g/mol. The minimum Gasteiger partial charge on any atom is -0.371 e. The first-order valence-electron chi connectivity index (χ1n) is 9.85. The maximum atomic E-state index is 12.6. The smallest absolute Gasteiger partial charge is 0.251 e. The Morgan fingerprint density at radius 1 is 1.07 bits per heavy atom. The maximum Gasteiger partial charge on any atom is 0.251 e. The van der Waals surface area contributed by atoms with Crippen molar-refractivity contribution in [3.05, 3.63) is 65.0 Å². The Bertz CT molecular complexity index is 1030. The average molecular weight is 374 g/mol. The van der Waals surface area contributed by atoms with Crippen LogP contribution < -0.4 is 10.2 Å². The summed E-state index contributed by atoms with van der Waals surface area (Å²) in [5.74, 6) is 0.421. The molecule has 2 heterocycles. The number of hydrogen-bond acceptors (Lipinski definition) is 4. The first-order chi connectivity index (χ1) is 13.5. The zero-order chi connectivity index (χ0) is 19.7. The third kappa shape index (κ3) is 3.70. The quantitative estimate of drug-likeness (QED) is 0.754. The number of hydrogen-bond donors (Lipinski definition) is 1. The normalized spacial score (nSPS) is 16.5. The summed E-state index contributed by atoms with van der Waals surface area (Å²) in [6.07, 6.45) is 1.09. The van der Waals surface area contributed by atoms with Crippen LogP contribution in [-0.4, -0.2) is 35.5 Å². The van der Waals surface area contributed by atoms with Crippen molar-refractivity contribution in [1.29, 1.82) is 0 Å². The molecule has 0 radical (unpaired) electrons. The molecule has 0 aliphatic carbocycles. The highest BCUT2D eigenvalue weighted by Gasteiger charge is 2.24. The molecule has 28 heavy (non-hydrogen) atoms. The van der Waals surface area contributed by atoms with E-state index in [1.54, 1.807) is 0 Å². The number of para-hydroxylation sites is 1. The topological polar surface area (TPSA) is 58.1 Å². The highest BCUT2D eigenvalue weighted by Crippen LogP contribution is 2.26. The molecule has 5 nitrogen and oxygen atoms in total. The second kappa shape index (κ2) is 7.58. The van der Waals surface area contributed by atoms with Crippen LogP contribution in [0.3, 0.4) is 0 Å². The third-order valence-corrected chi connectivity index (χ3v) is 5.63. The lowest BCUT2D eigenvalue weighted by molar-refractivity contribution is 0.0948. The number of nitrogens with one attached hydrogen (secondary N) is 1. The van der Waals surface area contributed by atoms with E-state index in [2.05, 4.69) is 51.4 Å². The van der Waals surface area contributed by atoms with E-state index in [-0.39, 0.29) is 5.91 Å². The number of aromatic nitrogens is 2. The van der Waals surface area contributed by atoms with Gasteiger partial charge in [0.1, 0.15) is 0 Å². The summed E-state index contributed by atoms with van der Waals surface area (Å²) in [6.45, 7) is 8.75. The van der Waals surface area contributed by atoms with Crippen molar-refractivity contribution < 1.29 is 4.79 Å². The predicted molar refractivity (Wildman–Crippen MR) is 113 cm³/mol. The van der Waals surface area contributed by atoms with Crippen LogP contribution in [0.2, 0.25) is 0 Å². The number of benzene rings is 2. The molecular weight excluding hydrogens is 348 g/mol. The first kappa shape index (κ1) is 18.4. The number of carbonyl (C=O) groups excluding carboxylic acids is 1. The van der Waals surface area contributed by atoms with Crippen LogP contribution in [0, 0.1) is 26.7 Å². The van der Waals surface area contributed by atoms with E-state index >= 15 is 0 Å². The molecule has 0 saturated carbocycles. The van der Waals surface area contributed by atoms with Gasteiger partial charge in [-0.05, 0) is 62.9 Å². The molecule has 3 aromatic rings. The highest BCUT2D eigenvalue weighted by molar-refractivity contribution is 5.97. The van der Waals surface area contributed by atoms with Gasteiger partial charge in [0.15, 0.2) is 0 Å². The molecule has 1 saturated heterocycles. The van der Waals surface area contributed by atoms with Crippen molar-refractivity contribution in [2.24, 2.45) is 5.92 Å². The van der Waals surface area contributed by atoms with Crippen LogP contribution in [0.5, 0.6) is 0 Å². The summed E-state index contributed by atoms with van der Waals surface area (Å²) >= 11 is 0. The average Bonchev–Trinajstić information content (AvgIpc) is 3.16. The predicted octanol–water partition coefficient (Wildman–Crippen LogP) is 3.81. The molecule has 0 bridgehead atoms. The van der Waals surface area contributed by atoms with E-state index in [1.807, 2.05) is 32.0 Å². The molecule has 1 aromatic heterocycles. The number of aryl methyl sites for hydroxylation is 3. The molecule has 144 valence electrons. The van der Waals surface area contributed by atoms with E-state index in [0.29, 0.717) is 18.0 Å². The third-order valence-electron chi connectivity index (χ3n) is 5.63. The van der Waals surface area contributed by atoms with Gasteiger partial charge >= 0.3 is 0 Å². The van der Waals surface area contributed by atoms with Gasteiger partial charge in [0.25, 0.3) is 5.91 Å². The number of anilines is 1. The van der Waals surface area contributed by atoms with Crippen molar-refractivity contribution in [3.8, 4) is 0 Å². The SMILES string of the molecule is Cc1ccccc1N1CC[C@H](CNC(=O)c2ccc3nc(C)c(C)nc3c2)C1. The molecule has 1 N–H and O–H groups in total. The number of fused-ring (bicyclic) bond motifs is 1. The zero-order valence-electron chi connectivity index (χ0n) is 16.7. The van der Waals surface area contributed by atoms with Gasteiger partial charge in [0.2, 0.25) is 0 Å². The largest absolute Gasteiger partial charge is 0.371 e. The first-order valence-corrected chi connectivity index (χ1v) is 9.85. The van der Waals surface area contributed by atoms with E-state index in [9.17, 15) is 4.79 Å². The van der Waals surface area contributed by atoms with Gasteiger partial charge in [-0.15, -0.1) is 0 Å². The number of carbonyl (C=O) groups is 1. The fraction of sp³-hybridized carbons (Fsp3) is 0.348. The Kier molecular flexibility index (Phi) is 4.99. The van der Waals surface area contributed by atoms with Gasteiger partial charge < -0.3 is 10.2 Å². The Labute approximate surface area is 165 Å². The number of rotatable bonds is 4. The molecular formula is C23H26N4O. The van der Waals surface area contributed by atoms with Crippen LogP contribution in [0.1, 0.15) is 33.7 Å². The van der Waals surface area contributed by atoms with E-state index in [4.69, 9.17) is 0 Å². The summed E-state index contributed by atoms with van der Waals surface area (Å²) in [5.41, 5.74) is 6.65. The van der Waals surface area contributed by atoms with Crippen molar-refractivity contribution >= 4 is 22.6 Å². The minimum atomic E-state index is -0.0451. The lowest BCUT2D eigenvalue weighted by Crippen LogP contribution is -2.31. The Hall–Kier alpha value is -2.95. The van der Waals surface area contributed by atoms with Gasteiger partial charge in [-0.3, -0.25) is 4.79 Å². The van der Waals surface area contributed by atoms with Gasteiger partial charge in [-0.2, -0.15) is 0 Å². The van der Waals surface area contributed by atoms with Crippen molar-refractivity contribution in [2.45, 2.75) is 27.2 Å². The lowest BCUT2D eigenvalue weighted by Gasteiger charge is -2.21. The molecule has 1 atom stereocenters. The van der Waals surface area contributed by atoms with Crippen LogP contribution >= 0.6 is 0 Å². The molecule has 1 aliphatic heterocycles. The maximum absolute atomic E-state index is 12.6. The molecule has 1 aliphatic rings. The van der Waals surface area contributed by atoms with Crippen molar-refractivity contribution in [3.63, 3.8) is 0 Å². The van der Waals surface area contributed by atoms with Crippen molar-refractivity contribution in [2.75, 3.05) is 24.5 Å². The van der Waals surface area contributed by atoms with E-state index < -0.39 is 0 Å². The van der Waals surface area contributed by atoms with Crippen molar-refractivity contribution in [1.82, 2.24) is 15.3 Å². The lowest BCUT2D eigenvalue weighted by atomic mass is 10.1. The Morgan fingerprint density at radius 2 is 1.82 bits per heavy atom. The molecule has 0 spiro atoms. The van der Waals surface area contributed by atoms with Gasteiger partial charge in [0.05, 0.1) is 22.4 Å². The van der Waals surface area contributed by atoms with E-state index in [0.717, 1.165) is 41.9 Å². The highest BCUT2D eigenvalue weighted by atomic mass is 16.1. The van der Waals surface area contributed by atoms with Crippen LogP contribution in [0.15, 0.2) is 42.5 Å². The van der Waals surface area contributed by atoms with Gasteiger partial charge in [-0.25, -0.2) is 9.97 Å². The molecule has 1 fully saturated rings. The van der Waals surface area contributed by atoms with E-state index in [1.165, 1.54) is 11.3 Å². The van der Waals surface area contributed by atoms with Gasteiger partial charge in [-0.1, -0.05) is 18.2 Å². The summed E-state index contributed by atoms with van der Waals surface area (Å²) in [7, 11) is 0. The number of nitrogens with zero attached hydrogens (tertiary/aromatic N) is 3. The molecule has 0 unspecified atom stereocenters. The number of amides is 1. The molecule has 2 aromatic carbocycles. The second-order valence-corrected chi connectivity index (χ2v) is 7.70. The Balaban J connectivity index is 1.39. The minimum absolute atomic E-state index is 0.0451. The summed E-state index contributed by atoms with van der Waals surface area (Å²) in [4.78, 5) is 24.1. The Morgan fingerprint density at radius 3 is 2.61 bits per heavy atom. The van der Waals surface area contributed by atoms with Crippen LogP contribution in [0.25, 0.3) is 11.0 Å². The molecule has 5 heteroatoms. The standard InChI is InChI=1S/C23H26N4O/c1-15-6-4-5-7-22(15)27-11-10-18(14-27)13-24-23(28)19-8-9-20-21(12-19)26-17(3)16(2)25-20/h4-9,12,18H,10-11,13-14H2,1-3H3,(H,24,28)/t18-/m1/s1. The van der Waals surface area contributed by atoms with Gasteiger partial charge in [0, 0.05) is 30.9 Å². The summed E-state index contributed by atoms with van der Waals surface area (Å²) in [6, 6.07) is 14.0. The second-order valence-electron chi connectivity index (χ2n) is 7.70. The fourth-order valence-electron chi connectivity index (χ4n) is 3.85. The summed E-state index contributed by atoms with van der Waals surface area (Å²) < 4.78 is 0. The van der Waals surface area contributed by atoms with Crippen LogP contribution in [-0.2, 0) is 0 Å².